The number of halogens is 10. The average Bonchev–Trinajstić information content (AvgIpc) is 1.64. The molecular weight excluding hydrogens is 1840 g/mol. The number of H-pyrrole nitrogens is 5. The van der Waals surface area contributed by atoms with Gasteiger partial charge in [0.2, 0.25) is 0 Å². The van der Waals surface area contributed by atoms with Crippen molar-refractivity contribution in [2.75, 3.05) is 0 Å². The molecule has 0 aliphatic carbocycles. The Labute approximate surface area is 796 Å². The fourth-order valence-corrected chi connectivity index (χ4v) is 15.7. The van der Waals surface area contributed by atoms with Crippen molar-refractivity contribution in [2.24, 2.45) is 56.7 Å². The van der Waals surface area contributed by atoms with E-state index < -0.39 is 81.8 Å². The quantitative estimate of drug-likeness (QED) is 0.0214. The third kappa shape index (κ3) is 26.5. The zero-order valence-corrected chi connectivity index (χ0v) is 79.5. The molecule has 138 heavy (non-hydrogen) atoms. The van der Waals surface area contributed by atoms with Gasteiger partial charge in [-0.3, -0.25) is 24.0 Å². The second-order valence-electron chi connectivity index (χ2n) is 38.4. The molecule has 0 saturated carbocycles. The highest BCUT2D eigenvalue weighted by atomic mass is 35.5. The Morgan fingerprint density at radius 1 is 0.333 bits per heavy atom. The lowest BCUT2D eigenvalue weighted by molar-refractivity contribution is -0.140. The van der Waals surface area contributed by atoms with Crippen LogP contribution in [0, 0.1) is 115 Å². The zero-order chi connectivity index (χ0) is 101. The summed E-state index contributed by atoms with van der Waals surface area (Å²) in [4.78, 5) is 129. The lowest BCUT2D eigenvalue weighted by Gasteiger charge is -2.32. The minimum absolute atomic E-state index is 0.00181. The predicted octanol–water partition coefficient (Wildman–Crippen LogP) is 21.8. The standard InChI is InChI=1S/C21H20F2N4O2.C20H22F2N4O2.2C19H20ClFN4O2.C19H20F2N4O2/c1-21(2,3)12(6-18(28)29)5-17-16(23)4-11(8-24)19(27-17)15-10-26-20-14(15)7-13(22)9-25-20;1-4-20(2,3)11(6-17(27)28)5-16-15(22)10-25-19(26-16)14-9-24-18-13(14)7-12(21)8-23-18;3*1-19(2,3)10(5-16(26)27)4-15-14(21)9-24-18(25-15)13-8-23-17-12(13)6-11(20)7-22-17/h4,7,9-10,12H,5-6H2,1-3H3,(H,25,26)(H,28,29);7-11H,4-6H2,1-3H3,(H,23,24)(H,27,28);3*6-10H,4-5H2,1-3H3,(H,22,23)(H,26,27)/t12-;;3*10-/m1.100/s1. The first-order valence-electron chi connectivity index (χ1n) is 43.6. The number of hydrogen-bond donors (Lipinski definition) is 10. The Bertz CT molecular complexity index is 6670. The molecule has 1 unspecified atom stereocenters. The Morgan fingerprint density at radius 3 is 0.833 bits per heavy atom. The number of rotatable bonds is 27. The van der Waals surface area contributed by atoms with E-state index in [0.29, 0.717) is 93.9 Å². The number of aromatic amines is 5. The molecule has 40 heteroatoms. The summed E-state index contributed by atoms with van der Waals surface area (Å²) in [6.07, 6.45) is 20.0. The summed E-state index contributed by atoms with van der Waals surface area (Å²) in [6.45, 7) is 28.9. The minimum Gasteiger partial charge on any atom is -0.481 e. The number of carboxylic acids is 5. The summed E-state index contributed by atoms with van der Waals surface area (Å²) in [5.74, 6) is -9.55. The third-order valence-corrected chi connectivity index (χ3v) is 24.8. The number of aliphatic carboxylic acids is 5. The maximum Gasteiger partial charge on any atom is 0.303 e. The predicted molar refractivity (Wildman–Crippen MR) is 501 cm³/mol. The van der Waals surface area contributed by atoms with Crippen LogP contribution in [0.1, 0.15) is 176 Å². The molecular formula is C98H102Cl2F8N20O10. The van der Waals surface area contributed by atoms with Crippen LogP contribution in [-0.2, 0) is 56.1 Å². The van der Waals surface area contributed by atoms with Crippen LogP contribution in [0.5, 0.6) is 0 Å². The molecule has 5 atom stereocenters. The van der Waals surface area contributed by atoms with Gasteiger partial charge in [-0.1, -0.05) is 133 Å². The number of nitrogens with one attached hydrogen (secondary N) is 5. The molecule has 10 N–H and O–H groups in total. The molecule has 0 spiro atoms. The summed E-state index contributed by atoms with van der Waals surface area (Å²) in [7, 11) is 0. The van der Waals surface area contributed by atoms with E-state index in [1.54, 1.807) is 43.1 Å². The van der Waals surface area contributed by atoms with Crippen molar-refractivity contribution in [3.05, 3.63) is 214 Å². The number of carbonyl (C=O) groups is 5. The van der Waals surface area contributed by atoms with E-state index in [2.05, 4.69) is 94.7 Å². The first-order valence-corrected chi connectivity index (χ1v) is 44.4. The molecule has 15 aromatic heterocycles. The van der Waals surface area contributed by atoms with E-state index in [1.165, 1.54) is 30.6 Å². The molecule has 15 rings (SSSR count). The summed E-state index contributed by atoms with van der Waals surface area (Å²) in [5, 5.41) is 59.3. The highest BCUT2D eigenvalue weighted by molar-refractivity contribution is 6.31. The van der Waals surface area contributed by atoms with Gasteiger partial charge in [-0.15, -0.1) is 0 Å². The first-order chi connectivity index (χ1) is 64.7. The van der Waals surface area contributed by atoms with Crippen LogP contribution in [0.2, 0.25) is 10.0 Å². The van der Waals surface area contributed by atoms with Crippen molar-refractivity contribution in [3.63, 3.8) is 0 Å². The van der Waals surface area contributed by atoms with Gasteiger partial charge in [-0.2, -0.15) is 5.26 Å². The smallest absolute Gasteiger partial charge is 0.303 e. The molecule has 0 radical (unpaired) electrons. The Balaban J connectivity index is 0.000000165. The monoisotopic (exact) mass is 1940 g/mol. The lowest BCUT2D eigenvalue weighted by atomic mass is 9.73. The van der Waals surface area contributed by atoms with Gasteiger partial charge < -0.3 is 50.5 Å². The number of hydrogen-bond acceptors (Lipinski definition) is 20. The Kier molecular flexibility index (Phi) is 32.8. The summed E-state index contributed by atoms with van der Waals surface area (Å²) in [5.41, 5.74) is 4.66. The minimum atomic E-state index is -0.975. The molecule has 0 aliphatic heterocycles. The Hall–Kier alpha value is -14.2. The summed E-state index contributed by atoms with van der Waals surface area (Å²) >= 11 is 12.1. The Morgan fingerprint density at radius 2 is 0.572 bits per heavy atom. The molecule has 0 amide bonds. The van der Waals surface area contributed by atoms with E-state index in [1.807, 2.05) is 110 Å². The normalized spacial score (nSPS) is 13.0. The van der Waals surface area contributed by atoms with Gasteiger partial charge >= 0.3 is 29.8 Å². The SMILES string of the molecule is CC(C)(C)[C@@H](CC(=O)O)Cc1nc(-c2c[nH]c3ncc(Cl)cc23)ncc1F.CC(C)(C)[C@@H](CC(=O)O)Cc1nc(-c2c[nH]c3ncc(F)cc23)c(C#N)cc1F.CC(C)(C)[C@H](CC(=O)O)Cc1nc(-c2c[nH]c3ncc(Cl)cc23)ncc1F.CC(C)(C)[C@H](CC(=O)O)Cc1nc(-c2c[nH]c3ncc(F)cc23)ncc1F.CCC(C)(C)C(CC(=O)O)Cc1nc(-c2c[nH]c3ncc(F)cc23)ncc1F. The van der Waals surface area contributed by atoms with E-state index in [4.69, 9.17) is 23.2 Å². The zero-order valence-electron chi connectivity index (χ0n) is 78.0. The van der Waals surface area contributed by atoms with Crippen molar-refractivity contribution in [2.45, 2.75) is 174 Å². The summed E-state index contributed by atoms with van der Waals surface area (Å²) < 4.78 is 113. The van der Waals surface area contributed by atoms with Crippen LogP contribution >= 0.6 is 23.2 Å². The van der Waals surface area contributed by atoms with Crippen LogP contribution in [-0.4, -0.2) is 150 Å². The maximum atomic E-state index is 14.7. The highest BCUT2D eigenvalue weighted by Crippen LogP contribution is 2.42. The highest BCUT2D eigenvalue weighted by Gasteiger charge is 2.36. The number of pyridine rings is 6. The molecule has 0 bridgehead atoms. The van der Waals surface area contributed by atoms with E-state index in [9.17, 15) is 89.9 Å². The second-order valence-corrected chi connectivity index (χ2v) is 39.3. The topological polar surface area (TPSA) is 470 Å². The molecule has 30 nitrogen and oxygen atoms in total. The van der Waals surface area contributed by atoms with Crippen molar-refractivity contribution in [1.82, 2.24) is 94.7 Å². The van der Waals surface area contributed by atoms with E-state index >= 15 is 0 Å². The fraction of sp³-hybridized carbons (Fsp3) is 0.367. The molecule has 0 aliphatic rings. The summed E-state index contributed by atoms with van der Waals surface area (Å²) in [6, 6.07) is 10.4. The van der Waals surface area contributed by atoms with Crippen molar-refractivity contribution >= 4 is 108 Å². The van der Waals surface area contributed by atoms with Crippen LogP contribution in [0.3, 0.4) is 0 Å². The third-order valence-electron chi connectivity index (χ3n) is 24.4. The number of nitriles is 1. The molecule has 0 fully saturated rings. The van der Waals surface area contributed by atoms with Crippen LogP contribution in [0.15, 0.2) is 123 Å². The molecule has 724 valence electrons. The number of aromatic nitrogens is 19. The average molecular weight is 1940 g/mol. The lowest BCUT2D eigenvalue weighted by Crippen LogP contribution is -2.28. The largest absolute Gasteiger partial charge is 0.481 e. The van der Waals surface area contributed by atoms with Gasteiger partial charge in [0.1, 0.15) is 57.6 Å². The van der Waals surface area contributed by atoms with Crippen LogP contribution in [0.4, 0.5) is 35.1 Å². The van der Waals surface area contributed by atoms with Crippen LogP contribution < -0.4 is 0 Å². The van der Waals surface area contributed by atoms with Gasteiger partial charge in [-0.25, -0.2) is 105 Å². The molecule has 15 heterocycles. The van der Waals surface area contributed by atoms with Crippen molar-refractivity contribution in [1.29, 1.82) is 5.26 Å². The molecule has 15 aromatic rings. The van der Waals surface area contributed by atoms with Gasteiger partial charge in [0.25, 0.3) is 0 Å². The first kappa shape index (κ1) is 104. The van der Waals surface area contributed by atoms with E-state index in [-0.39, 0.29) is 167 Å². The number of fused-ring (bicyclic) bond motifs is 5. The molecule has 0 aromatic carbocycles. The van der Waals surface area contributed by atoms with E-state index in [0.717, 1.165) is 66.6 Å². The van der Waals surface area contributed by atoms with Crippen molar-refractivity contribution < 1.29 is 84.6 Å². The van der Waals surface area contributed by atoms with Gasteiger partial charge in [0, 0.05) is 130 Å². The maximum absolute atomic E-state index is 14.7. The second kappa shape index (κ2) is 43.4. The van der Waals surface area contributed by atoms with Crippen LogP contribution in [0.25, 0.3) is 112 Å². The fourth-order valence-electron chi connectivity index (χ4n) is 15.4. The molecule has 0 saturated heterocycles. The van der Waals surface area contributed by atoms with Gasteiger partial charge in [0.05, 0.1) is 93.2 Å². The number of nitrogens with zero attached hydrogens (tertiary/aromatic N) is 15. The van der Waals surface area contributed by atoms with Gasteiger partial charge in [-0.05, 0) is 125 Å². The van der Waals surface area contributed by atoms with Crippen molar-refractivity contribution in [3.8, 4) is 62.9 Å². The number of carboxylic acid groups (broad SMARTS) is 5. The van der Waals surface area contributed by atoms with Gasteiger partial charge in [0.15, 0.2) is 46.6 Å².